The van der Waals surface area contributed by atoms with Crippen LogP contribution < -0.4 is 0 Å². The van der Waals surface area contributed by atoms with Crippen molar-refractivity contribution < 1.29 is 0 Å². The molecular weight excluding hydrogens is 154 g/mol. The summed E-state index contributed by atoms with van der Waals surface area (Å²) in [5, 5.41) is 8.82. The molecule has 38 valence electrons. The van der Waals surface area contributed by atoms with Crippen LogP contribution in [-0.2, 0) is 0 Å². The van der Waals surface area contributed by atoms with Crippen LogP contribution in [0.15, 0.2) is 12.2 Å². The second-order valence-corrected chi connectivity index (χ2v) is 1.64. The molecule has 0 fully saturated rings. The molecule has 0 heterocycles. The quantitative estimate of drug-likeness (QED) is 0.446. The van der Waals surface area contributed by atoms with Gasteiger partial charge in [0.2, 0.25) is 0 Å². The summed E-state index contributed by atoms with van der Waals surface area (Å²) in [6.07, 6.45) is 4.25. The summed E-state index contributed by atoms with van der Waals surface area (Å²) in [4.78, 5) is 0. The van der Waals surface area contributed by atoms with E-state index in [1.807, 2.05) is 18.2 Å². The molecule has 0 amide bonds. The molecule has 0 aromatic heterocycles. The van der Waals surface area contributed by atoms with Gasteiger partial charge in [-0.1, -0.05) is 28.1 Å². The second kappa shape index (κ2) is 5.71. The van der Waals surface area contributed by atoms with Crippen LogP contribution >= 0.6 is 15.9 Å². The van der Waals surface area contributed by atoms with Gasteiger partial charge in [-0.25, -0.2) is 0 Å². The highest BCUT2D eigenvalue weighted by Crippen LogP contribution is 1.83. The number of halogens is 1. The molecule has 0 spiro atoms. The van der Waals surface area contributed by atoms with Gasteiger partial charge in [0.25, 0.3) is 0 Å². The van der Waals surface area contributed by atoms with Crippen molar-refractivity contribution in [1.29, 1.82) is 5.26 Å². The Morgan fingerprint density at radius 3 is 2.71 bits per heavy atom. The molecule has 0 atom stereocenters. The van der Waals surface area contributed by atoms with E-state index in [0.717, 1.165) is 5.33 Å². The van der Waals surface area contributed by atoms with E-state index >= 15 is 0 Å². The van der Waals surface area contributed by atoms with Crippen LogP contribution in [0.25, 0.3) is 0 Å². The molecule has 0 radical (unpaired) electrons. The largest absolute Gasteiger partial charge is 0.198 e. The first kappa shape index (κ1) is 6.71. The van der Waals surface area contributed by atoms with Gasteiger partial charge in [-0.3, -0.25) is 0 Å². The maximum absolute atomic E-state index is 7.98. The average Bonchev–Trinajstić information content (AvgIpc) is 1.69. The Kier molecular flexibility index (Phi) is 5.47. The van der Waals surface area contributed by atoms with Crippen LogP contribution in [0.3, 0.4) is 0 Å². The lowest BCUT2D eigenvalue weighted by Gasteiger charge is -1.69. The lowest BCUT2D eigenvalue weighted by Crippen LogP contribution is -1.58. The molecule has 0 unspecified atom stereocenters. The van der Waals surface area contributed by atoms with Crippen molar-refractivity contribution in [2.24, 2.45) is 0 Å². The van der Waals surface area contributed by atoms with Gasteiger partial charge in [-0.15, -0.1) is 0 Å². The van der Waals surface area contributed by atoms with Crippen LogP contribution in [0, 0.1) is 11.3 Å². The fraction of sp³-hybridized carbons (Fsp3) is 0.400. The highest BCUT2D eigenvalue weighted by molar-refractivity contribution is 9.09. The van der Waals surface area contributed by atoms with Crippen molar-refractivity contribution in [3.8, 4) is 6.07 Å². The molecule has 1 nitrogen and oxygen atoms in total. The third-order valence-electron chi connectivity index (χ3n) is 0.465. The predicted octanol–water partition coefficient (Wildman–Crippen LogP) is 1.85. The van der Waals surface area contributed by atoms with E-state index in [2.05, 4.69) is 15.9 Å². The number of nitrogens with zero attached hydrogens (tertiary/aromatic N) is 1. The number of rotatable bonds is 2. The summed E-state index contributed by atoms with van der Waals surface area (Å²) in [5.74, 6) is 0. The zero-order valence-corrected chi connectivity index (χ0v) is 5.48. The van der Waals surface area contributed by atoms with Gasteiger partial charge in [0, 0.05) is 5.33 Å². The minimum Gasteiger partial charge on any atom is -0.198 e. The molecule has 0 aliphatic rings. The lowest BCUT2D eigenvalue weighted by molar-refractivity contribution is 1.35. The van der Waals surface area contributed by atoms with Crippen molar-refractivity contribution in [3.05, 3.63) is 12.2 Å². The van der Waals surface area contributed by atoms with Crippen LogP contribution in [-0.4, -0.2) is 5.33 Å². The van der Waals surface area contributed by atoms with Crippen molar-refractivity contribution in [2.75, 3.05) is 5.33 Å². The van der Waals surface area contributed by atoms with Gasteiger partial charge in [0.05, 0.1) is 12.5 Å². The summed E-state index contributed by atoms with van der Waals surface area (Å²) in [6.45, 7) is 0. The molecule has 0 N–H and O–H groups in total. The molecule has 0 aromatic carbocycles. The number of nitriles is 1. The molecular formula is C5H6BrN. The zero-order chi connectivity index (χ0) is 5.54. The van der Waals surface area contributed by atoms with Crippen LogP contribution in [0.2, 0.25) is 0 Å². The summed E-state index contributed by atoms with van der Waals surface area (Å²) >= 11 is 3.18. The van der Waals surface area contributed by atoms with E-state index in [1.165, 1.54) is 0 Å². The highest BCUT2D eigenvalue weighted by atomic mass is 79.9. The van der Waals surface area contributed by atoms with E-state index in [1.54, 1.807) is 0 Å². The molecule has 0 aliphatic heterocycles. The van der Waals surface area contributed by atoms with Gasteiger partial charge in [0.1, 0.15) is 0 Å². The molecule has 0 saturated carbocycles. The minimum atomic E-state index is 0.519. The minimum absolute atomic E-state index is 0.519. The third-order valence-corrected chi connectivity index (χ3v) is 0.839. The summed E-state index contributed by atoms with van der Waals surface area (Å²) in [6, 6.07) is 1.99. The Balaban J connectivity index is 2.97. The van der Waals surface area contributed by atoms with Gasteiger partial charge < -0.3 is 0 Å². The third kappa shape index (κ3) is 5.71. The molecule has 2 heteroatoms. The van der Waals surface area contributed by atoms with Crippen molar-refractivity contribution >= 4 is 15.9 Å². The molecule has 0 saturated heterocycles. The van der Waals surface area contributed by atoms with E-state index in [4.69, 9.17) is 5.26 Å². The van der Waals surface area contributed by atoms with Gasteiger partial charge in [-0.2, -0.15) is 5.26 Å². The van der Waals surface area contributed by atoms with Crippen molar-refractivity contribution in [2.45, 2.75) is 6.42 Å². The SMILES string of the molecule is N#CC/C=C/CBr. The van der Waals surface area contributed by atoms with Gasteiger partial charge in [0.15, 0.2) is 0 Å². The monoisotopic (exact) mass is 159 g/mol. The van der Waals surface area contributed by atoms with E-state index < -0.39 is 0 Å². The number of hydrogen-bond acceptors (Lipinski definition) is 1. The standard InChI is InChI=1S/C5H6BrN/c6-4-2-1-3-5-7/h1-2H,3-4H2/b2-1+. The maximum atomic E-state index is 7.98. The predicted molar refractivity (Wildman–Crippen MR) is 33.2 cm³/mol. The second-order valence-electron chi connectivity index (χ2n) is 0.988. The molecule has 0 aromatic rings. The first-order valence-corrected chi connectivity index (χ1v) is 3.12. The Hall–Kier alpha value is -0.290. The molecule has 7 heavy (non-hydrogen) atoms. The first-order valence-electron chi connectivity index (χ1n) is 1.99. The average molecular weight is 160 g/mol. The Bertz CT molecular complexity index is 90.7. The van der Waals surface area contributed by atoms with E-state index in [-0.39, 0.29) is 0 Å². The van der Waals surface area contributed by atoms with Crippen LogP contribution in [0.1, 0.15) is 6.42 Å². The van der Waals surface area contributed by atoms with Crippen LogP contribution in [0.4, 0.5) is 0 Å². The first-order chi connectivity index (χ1) is 3.41. The summed E-state index contributed by atoms with van der Waals surface area (Å²) in [5.41, 5.74) is 0. The maximum Gasteiger partial charge on any atom is 0.0663 e. The van der Waals surface area contributed by atoms with Gasteiger partial charge >= 0.3 is 0 Å². The van der Waals surface area contributed by atoms with Crippen LogP contribution in [0.5, 0.6) is 0 Å². The number of alkyl halides is 1. The number of allylic oxidation sites excluding steroid dienone is 2. The normalized spacial score (nSPS) is 9.14. The van der Waals surface area contributed by atoms with Crippen molar-refractivity contribution in [1.82, 2.24) is 0 Å². The van der Waals surface area contributed by atoms with Crippen molar-refractivity contribution in [3.63, 3.8) is 0 Å². The number of hydrogen-bond donors (Lipinski definition) is 0. The Morgan fingerprint density at radius 2 is 2.29 bits per heavy atom. The smallest absolute Gasteiger partial charge is 0.0663 e. The molecule has 0 rings (SSSR count). The fourth-order valence-electron chi connectivity index (χ4n) is 0.199. The van der Waals surface area contributed by atoms with E-state index in [0.29, 0.717) is 6.42 Å². The Morgan fingerprint density at radius 1 is 1.57 bits per heavy atom. The topological polar surface area (TPSA) is 23.8 Å². The highest BCUT2D eigenvalue weighted by Gasteiger charge is 1.66. The summed E-state index contributed by atoms with van der Waals surface area (Å²) in [7, 11) is 0. The molecule has 0 aliphatic carbocycles. The summed E-state index contributed by atoms with van der Waals surface area (Å²) < 4.78 is 0. The molecule has 0 bridgehead atoms. The zero-order valence-electron chi connectivity index (χ0n) is 3.89. The fourth-order valence-corrected chi connectivity index (χ4v) is 0.463. The lowest BCUT2D eigenvalue weighted by atomic mass is 10.4. The van der Waals surface area contributed by atoms with Gasteiger partial charge in [-0.05, 0) is 0 Å². The Labute approximate surface area is 51.8 Å². The van der Waals surface area contributed by atoms with E-state index in [9.17, 15) is 0 Å².